The van der Waals surface area contributed by atoms with E-state index in [0.717, 1.165) is 50.0 Å². The van der Waals surface area contributed by atoms with Crippen molar-refractivity contribution >= 4 is 11.3 Å². The van der Waals surface area contributed by atoms with Crippen LogP contribution in [0.25, 0.3) is 5.57 Å². The van der Waals surface area contributed by atoms with Crippen LogP contribution in [0.3, 0.4) is 0 Å². The smallest absolute Gasteiger partial charge is 0.119 e. The van der Waals surface area contributed by atoms with Crippen LogP contribution < -0.4 is 4.74 Å². The number of aryl methyl sites for hydroxylation is 1. The van der Waals surface area contributed by atoms with Crippen LogP contribution in [0, 0.1) is 17.3 Å². The van der Waals surface area contributed by atoms with Gasteiger partial charge >= 0.3 is 0 Å². The summed E-state index contributed by atoms with van der Waals surface area (Å²) < 4.78 is 5.42. The third kappa shape index (κ3) is 2.52. The molecule has 3 atom stereocenters. The second-order valence-corrected chi connectivity index (χ2v) is 8.53. The summed E-state index contributed by atoms with van der Waals surface area (Å²) in [7, 11) is 1.73. The summed E-state index contributed by atoms with van der Waals surface area (Å²) in [6.45, 7) is 8.63. The SMILES string of the molecule is C=C(C)C1CC(=NO)C2(C)CCC3=C(CCc4cc(OC)ccc43)C2C1. The molecular formula is C23H29NO2. The van der Waals surface area contributed by atoms with E-state index < -0.39 is 0 Å². The van der Waals surface area contributed by atoms with Gasteiger partial charge in [0.05, 0.1) is 12.8 Å². The molecule has 0 aromatic heterocycles. The lowest BCUT2D eigenvalue weighted by Gasteiger charge is -2.50. The summed E-state index contributed by atoms with van der Waals surface area (Å²) in [5.41, 5.74) is 8.14. The van der Waals surface area contributed by atoms with Gasteiger partial charge < -0.3 is 9.94 Å². The molecule has 1 saturated carbocycles. The van der Waals surface area contributed by atoms with Crippen molar-refractivity contribution < 1.29 is 9.94 Å². The van der Waals surface area contributed by atoms with Crippen molar-refractivity contribution in [3.8, 4) is 5.75 Å². The molecule has 1 aromatic carbocycles. The second-order valence-electron chi connectivity index (χ2n) is 8.53. The minimum Gasteiger partial charge on any atom is -0.497 e. The maximum atomic E-state index is 9.73. The summed E-state index contributed by atoms with van der Waals surface area (Å²) in [6.07, 6.45) is 6.30. The molecule has 3 aliphatic carbocycles. The molecule has 0 aliphatic heterocycles. The molecule has 3 nitrogen and oxygen atoms in total. The molecule has 1 N–H and O–H groups in total. The van der Waals surface area contributed by atoms with E-state index in [4.69, 9.17) is 4.74 Å². The predicted molar refractivity (Wildman–Crippen MR) is 106 cm³/mol. The van der Waals surface area contributed by atoms with Gasteiger partial charge in [-0.3, -0.25) is 0 Å². The molecule has 0 bridgehead atoms. The number of fused-ring (bicyclic) bond motifs is 4. The molecule has 0 spiro atoms. The van der Waals surface area contributed by atoms with Gasteiger partial charge in [0.25, 0.3) is 0 Å². The van der Waals surface area contributed by atoms with Gasteiger partial charge in [-0.05, 0) is 86.1 Å². The summed E-state index contributed by atoms with van der Waals surface area (Å²) in [6, 6.07) is 6.53. The quantitative estimate of drug-likeness (QED) is 0.426. The van der Waals surface area contributed by atoms with Crippen molar-refractivity contribution in [1.82, 2.24) is 0 Å². The van der Waals surface area contributed by atoms with Gasteiger partial charge in [-0.15, -0.1) is 0 Å². The van der Waals surface area contributed by atoms with Gasteiger partial charge in [0.2, 0.25) is 0 Å². The molecule has 0 saturated heterocycles. The van der Waals surface area contributed by atoms with Gasteiger partial charge in [-0.1, -0.05) is 35.9 Å². The van der Waals surface area contributed by atoms with Gasteiger partial charge in [0, 0.05) is 5.41 Å². The Morgan fingerprint density at radius 2 is 2.12 bits per heavy atom. The van der Waals surface area contributed by atoms with Crippen LogP contribution in [-0.4, -0.2) is 18.0 Å². The van der Waals surface area contributed by atoms with E-state index >= 15 is 0 Å². The molecule has 3 unspecified atom stereocenters. The predicted octanol–water partition coefficient (Wildman–Crippen LogP) is 5.63. The summed E-state index contributed by atoms with van der Waals surface area (Å²) in [4.78, 5) is 0. The molecule has 0 radical (unpaired) electrons. The highest BCUT2D eigenvalue weighted by Crippen LogP contribution is 2.57. The first-order valence-corrected chi connectivity index (χ1v) is 9.74. The zero-order chi connectivity index (χ0) is 18.5. The first kappa shape index (κ1) is 17.4. The van der Waals surface area contributed by atoms with Gasteiger partial charge in [-0.2, -0.15) is 0 Å². The third-order valence-electron chi connectivity index (χ3n) is 7.21. The van der Waals surface area contributed by atoms with E-state index in [9.17, 15) is 5.21 Å². The van der Waals surface area contributed by atoms with E-state index in [1.54, 1.807) is 12.7 Å². The molecule has 3 aliphatic rings. The summed E-state index contributed by atoms with van der Waals surface area (Å²) >= 11 is 0. The number of ether oxygens (including phenoxy) is 1. The Morgan fingerprint density at radius 3 is 2.81 bits per heavy atom. The van der Waals surface area contributed by atoms with Gasteiger partial charge in [0.1, 0.15) is 5.75 Å². The Kier molecular flexibility index (Phi) is 4.21. The maximum absolute atomic E-state index is 9.73. The topological polar surface area (TPSA) is 41.8 Å². The van der Waals surface area contributed by atoms with Crippen LogP contribution in [0.15, 0.2) is 41.1 Å². The van der Waals surface area contributed by atoms with Crippen LogP contribution in [-0.2, 0) is 6.42 Å². The summed E-state index contributed by atoms with van der Waals surface area (Å²) in [5.74, 6) is 1.83. The number of methoxy groups -OCH3 is 1. The van der Waals surface area contributed by atoms with Crippen LogP contribution in [0.5, 0.6) is 5.75 Å². The fourth-order valence-corrected chi connectivity index (χ4v) is 5.53. The van der Waals surface area contributed by atoms with E-state index in [1.807, 2.05) is 0 Å². The zero-order valence-electron chi connectivity index (χ0n) is 16.1. The van der Waals surface area contributed by atoms with Crippen LogP contribution in [0.1, 0.15) is 57.1 Å². The van der Waals surface area contributed by atoms with E-state index in [1.165, 1.54) is 22.3 Å². The van der Waals surface area contributed by atoms with Gasteiger partial charge in [-0.25, -0.2) is 0 Å². The normalized spacial score (nSPS) is 31.9. The lowest BCUT2D eigenvalue weighted by molar-refractivity contribution is 0.200. The van der Waals surface area contributed by atoms with E-state index in [0.29, 0.717) is 11.8 Å². The highest BCUT2D eigenvalue weighted by molar-refractivity contribution is 5.93. The third-order valence-corrected chi connectivity index (χ3v) is 7.21. The Hall–Kier alpha value is -2.03. The minimum absolute atomic E-state index is 0.0104. The highest BCUT2D eigenvalue weighted by Gasteiger charge is 2.49. The molecule has 3 heteroatoms. The molecular weight excluding hydrogens is 322 g/mol. The van der Waals surface area contributed by atoms with Crippen molar-refractivity contribution in [1.29, 1.82) is 0 Å². The lowest BCUT2D eigenvalue weighted by atomic mass is 9.53. The maximum Gasteiger partial charge on any atom is 0.119 e. The fraction of sp³-hybridized carbons (Fsp3) is 0.522. The van der Waals surface area contributed by atoms with Crippen LogP contribution in [0.4, 0.5) is 0 Å². The first-order chi connectivity index (χ1) is 12.5. The fourth-order valence-electron chi connectivity index (χ4n) is 5.53. The minimum atomic E-state index is -0.0104. The van der Waals surface area contributed by atoms with Crippen molar-refractivity contribution in [2.75, 3.05) is 7.11 Å². The number of nitrogens with zero attached hydrogens (tertiary/aromatic N) is 1. The number of rotatable bonds is 2. The largest absolute Gasteiger partial charge is 0.497 e. The van der Waals surface area contributed by atoms with Crippen molar-refractivity contribution in [3.63, 3.8) is 0 Å². The Bertz CT molecular complexity index is 819. The highest BCUT2D eigenvalue weighted by atomic mass is 16.5. The average Bonchev–Trinajstić information content (AvgIpc) is 2.65. The zero-order valence-corrected chi connectivity index (χ0v) is 16.1. The van der Waals surface area contributed by atoms with Gasteiger partial charge in [0.15, 0.2) is 0 Å². The first-order valence-electron chi connectivity index (χ1n) is 9.74. The van der Waals surface area contributed by atoms with E-state index in [2.05, 4.69) is 43.8 Å². The van der Waals surface area contributed by atoms with Crippen LogP contribution in [0.2, 0.25) is 0 Å². The summed E-state index contributed by atoms with van der Waals surface area (Å²) in [5, 5.41) is 13.5. The number of allylic oxidation sites excluding steroid dienone is 3. The number of hydrogen-bond donors (Lipinski definition) is 1. The Morgan fingerprint density at radius 1 is 1.31 bits per heavy atom. The number of hydrogen-bond acceptors (Lipinski definition) is 3. The standard InChI is InChI=1S/C23H29NO2/c1-14(2)16-12-21-20-7-5-15-11-17(26-4)6-8-18(15)19(20)9-10-23(21,3)22(13-16)24-25/h6,8,11,16,21,25H,1,5,7,9-10,12-13H2,2-4H3. The second kappa shape index (κ2) is 6.29. The Balaban J connectivity index is 1.80. The van der Waals surface area contributed by atoms with Crippen molar-refractivity contribution in [2.45, 2.75) is 52.4 Å². The molecule has 0 amide bonds. The number of benzene rings is 1. The molecule has 0 heterocycles. The number of oxime groups is 1. The molecule has 4 rings (SSSR count). The Labute approximate surface area is 156 Å². The lowest BCUT2D eigenvalue weighted by Crippen LogP contribution is -2.46. The van der Waals surface area contributed by atoms with Crippen LogP contribution >= 0.6 is 0 Å². The monoisotopic (exact) mass is 351 g/mol. The van der Waals surface area contributed by atoms with Crippen molar-refractivity contribution in [2.24, 2.45) is 22.4 Å². The molecule has 138 valence electrons. The molecule has 26 heavy (non-hydrogen) atoms. The molecule has 1 fully saturated rings. The van der Waals surface area contributed by atoms with E-state index in [-0.39, 0.29) is 5.41 Å². The van der Waals surface area contributed by atoms with Crippen molar-refractivity contribution in [3.05, 3.63) is 47.1 Å². The molecule has 1 aromatic rings. The average molecular weight is 351 g/mol.